The molecule has 3 aromatic rings. The number of benzene rings is 1. The van der Waals surface area contributed by atoms with E-state index in [1.165, 1.54) is 18.3 Å². The molecule has 0 unspecified atom stereocenters. The molecule has 0 saturated heterocycles. The van der Waals surface area contributed by atoms with Crippen molar-refractivity contribution in [2.75, 3.05) is 10.6 Å². The van der Waals surface area contributed by atoms with E-state index < -0.39 is 11.7 Å². The number of nitrogens with zero attached hydrogens (tertiary/aromatic N) is 4. The topological polar surface area (TPSA) is 75.6 Å². The van der Waals surface area contributed by atoms with Crippen molar-refractivity contribution in [1.29, 1.82) is 0 Å². The third-order valence-corrected chi connectivity index (χ3v) is 3.55. The van der Waals surface area contributed by atoms with Crippen LogP contribution in [-0.2, 0) is 12.7 Å². The summed E-state index contributed by atoms with van der Waals surface area (Å²) in [5.74, 6) is 0.291. The van der Waals surface area contributed by atoms with Gasteiger partial charge in [0, 0.05) is 24.0 Å². The van der Waals surface area contributed by atoms with Crippen molar-refractivity contribution in [2.45, 2.75) is 12.7 Å². The number of nitrogens with one attached hydrogen (secondary N) is 2. The lowest BCUT2D eigenvalue weighted by molar-refractivity contribution is -0.136. The quantitative estimate of drug-likeness (QED) is 0.687. The summed E-state index contributed by atoms with van der Waals surface area (Å²) in [4.78, 5) is 8.04. The monoisotopic (exact) mass is 380 g/mol. The molecule has 0 saturated carbocycles. The maximum absolute atomic E-state index is 13.1. The zero-order chi connectivity index (χ0) is 18.6. The van der Waals surface area contributed by atoms with Gasteiger partial charge in [-0.15, -0.1) is 5.10 Å². The predicted molar refractivity (Wildman–Crippen MR) is 91.1 cm³/mol. The summed E-state index contributed by atoms with van der Waals surface area (Å²) >= 11 is 5.66. The van der Waals surface area contributed by atoms with Gasteiger partial charge in [0.15, 0.2) is 5.82 Å². The van der Waals surface area contributed by atoms with Crippen molar-refractivity contribution in [1.82, 2.24) is 20.2 Å². The molecular weight excluding hydrogens is 369 g/mol. The summed E-state index contributed by atoms with van der Waals surface area (Å²) in [6.07, 6.45) is 0.111. The van der Waals surface area contributed by atoms with Gasteiger partial charge in [0.1, 0.15) is 0 Å². The van der Waals surface area contributed by atoms with Gasteiger partial charge in [0.05, 0.1) is 17.4 Å². The second kappa shape index (κ2) is 7.52. The van der Waals surface area contributed by atoms with Gasteiger partial charge in [-0.05, 0) is 35.9 Å². The molecule has 0 radical (unpaired) electrons. The lowest BCUT2D eigenvalue weighted by Crippen LogP contribution is -2.11. The molecule has 2 N–H and O–H groups in total. The molecule has 3 rings (SSSR count). The molecule has 0 atom stereocenters. The Morgan fingerprint density at radius 2 is 1.85 bits per heavy atom. The van der Waals surface area contributed by atoms with Gasteiger partial charge >= 0.3 is 6.18 Å². The molecule has 0 fully saturated rings. The van der Waals surface area contributed by atoms with Gasteiger partial charge < -0.3 is 10.6 Å². The molecule has 1 aromatic carbocycles. The van der Waals surface area contributed by atoms with Crippen LogP contribution in [0.1, 0.15) is 11.1 Å². The van der Waals surface area contributed by atoms with Crippen LogP contribution >= 0.6 is 11.6 Å². The van der Waals surface area contributed by atoms with E-state index in [2.05, 4.69) is 30.8 Å². The van der Waals surface area contributed by atoms with Crippen molar-refractivity contribution in [3.8, 4) is 0 Å². The lowest BCUT2D eigenvalue weighted by atomic mass is 10.1. The van der Waals surface area contributed by atoms with Gasteiger partial charge in [-0.3, -0.25) is 4.98 Å². The van der Waals surface area contributed by atoms with Crippen molar-refractivity contribution in [2.24, 2.45) is 0 Å². The molecule has 2 aromatic heterocycles. The van der Waals surface area contributed by atoms with Gasteiger partial charge in [-0.2, -0.15) is 23.3 Å². The Kier molecular flexibility index (Phi) is 5.17. The summed E-state index contributed by atoms with van der Waals surface area (Å²) < 4.78 is 39.4. The van der Waals surface area contributed by atoms with Crippen LogP contribution in [-0.4, -0.2) is 20.2 Å². The Labute approximate surface area is 151 Å². The number of anilines is 3. The van der Waals surface area contributed by atoms with Gasteiger partial charge in [-0.25, -0.2) is 0 Å². The summed E-state index contributed by atoms with van der Waals surface area (Å²) in [6.45, 7) is 0.454. The first-order valence-electron chi connectivity index (χ1n) is 7.38. The summed E-state index contributed by atoms with van der Waals surface area (Å²) in [6, 6.07) is 7.04. The summed E-state index contributed by atoms with van der Waals surface area (Å²) in [7, 11) is 0. The second-order valence-electron chi connectivity index (χ2n) is 5.19. The van der Waals surface area contributed by atoms with E-state index in [-0.39, 0.29) is 16.7 Å². The normalized spacial score (nSPS) is 11.2. The average molecular weight is 381 g/mol. The van der Waals surface area contributed by atoms with E-state index in [1.807, 2.05) is 12.1 Å². The maximum Gasteiger partial charge on any atom is 0.418 e. The molecule has 0 aliphatic rings. The summed E-state index contributed by atoms with van der Waals surface area (Å²) in [5.41, 5.74) is -0.163. The molecule has 134 valence electrons. The van der Waals surface area contributed by atoms with Crippen LogP contribution in [0.2, 0.25) is 5.02 Å². The van der Waals surface area contributed by atoms with E-state index in [0.717, 1.165) is 11.6 Å². The minimum Gasteiger partial charge on any atom is -0.365 e. The SMILES string of the molecule is FC(F)(F)c1cc(Cl)ccc1Nc1nncc(NCc2ccncc2)n1. The van der Waals surface area contributed by atoms with E-state index in [9.17, 15) is 13.2 Å². The average Bonchev–Trinajstić information content (AvgIpc) is 2.62. The van der Waals surface area contributed by atoms with E-state index in [1.54, 1.807) is 12.4 Å². The Hall–Kier alpha value is -2.94. The van der Waals surface area contributed by atoms with Crippen molar-refractivity contribution < 1.29 is 13.2 Å². The van der Waals surface area contributed by atoms with Crippen molar-refractivity contribution in [3.63, 3.8) is 0 Å². The highest BCUT2D eigenvalue weighted by Gasteiger charge is 2.34. The van der Waals surface area contributed by atoms with Crippen LogP contribution in [0.5, 0.6) is 0 Å². The van der Waals surface area contributed by atoms with Crippen LogP contribution in [0.4, 0.5) is 30.6 Å². The number of aromatic nitrogens is 4. The first-order valence-corrected chi connectivity index (χ1v) is 7.76. The Bertz CT molecular complexity index is 889. The molecule has 10 heteroatoms. The minimum atomic E-state index is -4.57. The second-order valence-corrected chi connectivity index (χ2v) is 5.62. The van der Waals surface area contributed by atoms with E-state index in [4.69, 9.17) is 11.6 Å². The largest absolute Gasteiger partial charge is 0.418 e. The molecule has 2 heterocycles. The van der Waals surface area contributed by atoms with E-state index in [0.29, 0.717) is 12.4 Å². The predicted octanol–water partition coefficient (Wildman–Crippen LogP) is 4.29. The van der Waals surface area contributed by atoms with Crippen LogP contribution in [0.3, 0.4) is 0 Å². The zero-order valence-electron chi connectivity index (χ0n) is 13.1. The molecule has 0 aliphatic heterocycles. The lowest BCUT2D eigenvalue weighted by Gasteiger charge is -2.14. The number of hydrogen-bond acceptors (Lipinski definition) is 6. The van der Waals surface area contributed by atoms with E-state index >= 15 is 0 Å². The highest BCUT2D eigenvalue weighted by molar-refractivity contribution is 6.30. The Balaban J connectivity index is 1.77. The van der Waals surface area contributed by atoms with Gasteiger partial charge in [0.25, 0.3) is 0 Å². The fraction of sp³-hybridized carbons (Fsp3) is 0.125. The minimum absolute atomic E-state index is 0.0188. The highest BCUT2D eigenvalue weighted by atomic mass is 35.5. The van der Waals surface area contributed by atoms with Crippen molar-refractivity contribution in [3.05, 3.63) is 65.1 Å². The van der Waals surface area contributed by atoms with Crippen LogP contribution in [0, 0.1) is 0 Å². The number of halogens is 4. The molecular formula is C16H12ClF3N6. The van der Waals surface area contributed by atoms with Crippen molar-refractivity contribution >= 4 is 29.1 Å². The maximum atomic E-state index is 13.1. The third-order valence-electron chi connectivity index (χ3n) is 3.32. The molecule has 6 nitrogen and oxygen atoms in total. The third kappa shape index (κ3) is 4.57. The highest BCUT2D eigenvalue weighted by Crippen LogP contribution is 2.37. The first kappa shape index (κ1) is 17.9. The van der Waals surface area contributed by atoms with Gasteiger partial charge in [-0.1, -0.05) is 11.6 Å². The van der Waals surface area contributed by atoms with Crippen LogP contribution < -0.4 is 10.6 Å². The smallest absolute Gasteiger partial charge is 0.365 e. The fourth-order valence-corrected chi connectivity index (χ4v) is 2.29. The van der Waals surface area contributed by atoms with Crippen LogP contribution in [0.25, 0.3) is 0 Å². The van der Waals surface area contributed by atoms with Crippen LogP contribution in [0.15, 0.2) is 48.9 Å². The zero-order valence-corrected chi connectivity index (χ0v) is 13.9. The van der Waals surface area contributed by atoms with Gasteiger partial charge in [0.2, 0.25) is 5.95 Å². The number of hydrogen-bond donors (Lipinski definition) is 2. The fourth-order valence-electron chi connectivity index (χ4n) is 2.12. The molecule has 0 amide bonds. The number of alkyl halides is 3. The summed E-state index contributed by atoms with van der Waals surface area (Å²) in [5, 5.41) is 13.0. The number of rotatable bonds is 5. The first-order chi connectivity index (χ1) is 12.4. The molecule has 0 bridgehead atoms. The Morgan fingerprint density at radius 3 is 2.58 bits per heavy atom. The molecule has 0 aliphatic carbocycles. The molecule has 26 heavy (non-hydrogen) atoms. The standard InChI is InChI=1S/C16H12ClF3N6/c17-11-1-2-13(12(7-11)16(18,19)20)24-15-25-14(9-23-26-15)22-8-10-3-5-21-6-4-10/h1-7,9H,8H2,(H2,22,24,25,26). The number of pyridine rings is 1. The molecule has 0 spiro atoms. The Morgan fingerprint density at radius 1 is 1.08 bits per heavy atom.